The number of benzene rings is 1. The lowest BCUT2D eigenvalue weighted by Crippen LogP contribution is -2.27. The standard InChI is InChI=1S/C29H41NO4/c1-4-5-21-29(2,3)27(32)20-18-23-17-19-26(31)25(23)16-12-7-6-8-13-22-34-28(33)30-24-14-10-9-11-15-24/h7,9-12,14-15,17-20,23,25,27,32H,4-6,8,13,16,21-22H2,1-3H3,(H,30,33)/t23-,25-,27-/m1/s1. The first kappa shape index (κ1) is 27.6. The van der Waals surface area contributed by atoms with E-state index in [1.54, 1.807) is 6.08 Å². The highest BCUT2D eigenvalue weighted by Crippen LogP contribution is 2.31. The minimum absolute atomic E-state index is 0.0327. The summed E-state index contributed by atoms with van der Waals surface area (Å²) in [4.78, 5) is 24.0. The number of amides is 1. The number of aliphatic hydroxyl groups is 1. The van der Waals surface area contributed by atoms with E-state index in [9.17, 15) is 14.7 Å². The number of nitrogens with one attached hydrogen (secondary N) is 1. The van der Waals surface area contributed by atoms with E-state index in [4.69, 9.17) is 4.74 Å². The average molecular weight is 468 g/mol. The lowest BCUT2D eigenvalue weighted by molar-refractivity contribution is -0.117. The summed E-state index contributed by atoms with van der Waals surface area (Å²) in [5.41, 5.74) is 0.550. The van der Waals surface area contributed by atoms with E-state index in [0.717, 1.165) is 38.5 Å². The van der Waals surface area contributed by atoms with Crippen LogP contribution in [0.5, 0.6) is 0 Å². The van der Waals surface area contributed by atoms with E-state index in [0.29, 0.717) is 18.7 Å². The van der Waals surface area contributed by atoms with Gasteiger partial charge in [-0.3, -0.25) is 10.1 Å². The molecule has 0 aromatic heterocycles. The Kier molecular flexibility index (Phi) is 11.8. The van der Waals surface area contributed by atoms with Crippen molar-refractivity contribution >= 4 is 17.6 Å². The fraction of sp³-hybridized carbons (Fsp3) is 0.517. The molecule has 186 valence electrons. The number of para-hydroxylation sites is 1. The molecule has 0 fully saturated rings. The molecule has 1 aromatic rings. The fourth-order valence-electron chi connectivity index (χ4n) is 3.96. The summed E-state index contributed by atoms with van der Waals surface area (Å²) in [5.74, 6) is 0.0885. The second-order valence-electron chi connectivity index (χ2n) is 9.70. The molecule has 34 heavy (non-hydrogen) atoms. The van der Waals surface area contributed by atoms with E-state index in [1.807, 2.05) is 48.6 Å². The Balaban J connectivity index is 1.66. The largest absolute Gasteiger partial charge is 0.449 e. The van der Waals surface area contributed by atoms with Gasteiger partial charge in [0.05, 0.1) is 12.7 Å². The number of aliphatic hydroxyl groups excluding tert-OH is 1. The molecule has 1 amide bonds. The molecule has 0 aliphatic heterocycles. The molecular weight excluding hydrogens is 426 g/mol. The monoisotopic (exact) mass is 467 g/mol. The summed E-state index contributed by atoms with van der Waals surface area (Å²) >= 11 is 0. The molecule has 2 N–H and O–H groups in total. The van der Waals surface area contributed by atoms with Crippen LogP contribution in [0.4, 0.5) is 10.5 Å². The van der Waals surface area contributed by atoms with Crippen molar-refractivity contribution in [2.45, 2.75) is 71.8 Å². The number of allylic oxidation sites excluding steroid dienone is 5. The van der Waals surface area contributed by atoms with Crippen LogP contribution in [0.25, 0.3) is 0 Å². The molecule has 0 radical (unpaired) electrons. The molecule has 0 bridgehead atoms. The molecule has 0 unspecified atom stereocenters. The first-order valence-electron chi connectivity index (χ1n) is 12.6. The first-order valence-corrected chi connectivity index (χ1v) is 12.6. The minimum Gasteiger partial charge on any atom is -0.449 e. The molecule has 0 saturated heterocycles. The predicted molar refractivity (Wildman–Crippen MR) is 139 cm³/mol. The molecule has 1 aromatic carbocycles. The molecule has 3 atom stereocenters. The van der Waals surface area contributed by atoms with Crippen LogP contribution >= 0.6 is 0 Å². The molecule has 5 heteroatoms. The van der Waals surface area contributed by atoms with E-state index in [2.05, 4.69) is 38.2 Å². The number of ketones is 1. The van der Waals surface area contributed by atoms with Crippen molar-refractivity contribution in [1.82, 2.24) is 0 Å². The Morgan fingerprint density at radius 1 is 1.18 bits per heavy atom. The number of carbonyl (C=O) groups is 2. The van der Waals surface area contributed by atoms with Gasteiger partial charge in [-0.1, -0.05) is 82.2 Å². The summed E-state index contributed by atoms with van der Waals surface area (Å²) in [6.45, 7) is 6.72. The summed E-state index contributed by atoms with van der Waals surface area (Å²) in [6, 6.07) is 9.23. The average Bonchev–Trinajstić information content (AvgIpc) is 3.17. The van der Waals surface area contributed by atoms with E-state index in [1.165, 1.54) is 0 Å². The normalized spacial score (nSPS) is 19.2. The van der Waals surface area contributed by atoms with Crippen molar-refractivity contribution in [3.63, 3.8) is 0 Å². The number of carbonyl (C=O) groups excluding carboxylic acids is 2. The van der Waals surface area contributed by atoms with Gasteiger partial charge in [-0.05, 0) is 55.7 Å². The first-order chi connectivity index (χ1) is 16.3. The third-order valence-corrected chi connectivity index (χ3v) is 6.38. The van der Waals surface area contributed by atoms with Crippen molar-refractivity contribution in [3.8, 4) is 0 Å². The number of unbranched alkanes of at least 4 members (excludes halogenated alkanes) is 3. The zero-order valence-corrected chi connectivity index (χ0v) is 20.9. The van der Waals surface area contributed by atoms with Crippen LogP contribution < -0.4 is 5.32 Å². The smallest absolute Gasteiger partial charge is 0.411 e. The Hall–Kier alpha value is -2.66. The molecular formula is C29H41NO4. The number of hydrogen-bond donors (Lipinski definition) is 2. The van der Waals surface area contributed by atoms with E-state index >= 15 is 0 Å². The highest BCUT2D eigenvalue weighted by atomic mass is 16.5. The number of hydrogen-bond acceptors (Lipinski definition) is 4. The van der Waals surface area contributed by atoms with Crippen molar-refractivity contribution in [3.05, 3.63) is 66.8 Å². The maximum absolute atomic E-state index is 12.3. The maximum Gasteiger partial charge on any atom is 0.411 e. The maximum atomic E-state index is 12.3. The highest BCUT2D eigenvalue weighted by molar-refractivity contribution is 5.95. The SMILES string of the molecule is CCCCC(C)(C)[C@H](O)C=C[C@H]1C=CC(=O)[C@@H]1CC=CCCCCOC(=O)Nc1ccccc1. The molecule has 0 heterocycles. The molecule has 2 rings (SSSR count). The van der Waals surface area contributed by atoms with Crippen molar-refractivity contribution in [2.24, 2.45) is 17.3 Å². The van der Waals surface area contributed by atoms with Gasteiger partial charge in [0.25, 0.3) is 0 Å². The van der Waals surface area contributed by atoms with E-state index < -0.39 is 12.2 Å². The van der Waals surface area contributed by atoms with Crippen LogP contribution in [0.1, 0.15) is 65.7 Å². The van der Waals surface area contributed by atoms with Crippen molar-refractivity contribution in [1.29, 1.82) is 0 Å². The zero-order chi connectivity index (χ0) is 24.8. The van der Waals surface area contributed by atoms with Gasteiger partial charge in [0, 0.05) is 17.5 Å². The summed E-state index contributed by atoms with van der Waals surface area (Å²) < 4.78 is 5.20. The lowest BCUT2D eigenvalue weighted by atomic mass is 9.80. The fourth-order valence-corrected chi connectivity index (χ4v) is 3.96. The molecule has 0 saturated carbocycles. The summed E-state index contributed by atoms with van der Waals surface area (Å²) in [5, 5.41) is 13.3. The van der Waals surface area contributed by atoms with Gasteiger partial charge in [-0.25, -0.2) is 4.79 Å². The van der Waals surface area contributed by atoms with Crippen LogP contribution in [0.2, 0.25) is 0 Å². The van der Waals surface area contributed by atoms with Crippen molar-refractivity contribution < 1.29 is 19.4 Å². The lowest BCUT2D eigenvalue weighted by Gasteiger charge is -2.28. The topological polar surface area (TPSA) is 75.6 Å². The van der Waals surface area contributed by atoms with Gasteiger partial charge >= 0.3 is 6.09 Å². The second-order valence-corrected chi connectivity index (χ2v) is 9.70. The number of rotatable bonds is 14. The third-order valence-electron chi connectivity index (χ3n) is 6.38. The molecule has 5 nitrogen and oxygen atoms in total. The Bertz CT molecular complexity index is 841. The van der Waals surface area contributed by atoms with Crippen LogP contribution in [0.15, 0.2) is 66.8 Å². The quantitative estimate of drug-likeness (QED) is 0.232. The Morgan fingerprint density at radius 3 is 2.68 bits per heavy atom. The number of anilines is 1. The van der Waals surface area contributed by atoms with Gasteiger partial charge < -0.3 is 9.84 Å². The predicted octanol–water partition coefficient (Wildman–Crippen LogP) is 6.86. The van der Waals surface area contributed by atoms with Crippen LogP contribution in [-0.2, 0) is 9.53 Å². The van der Waals surface area contributed by atoms with Gasteiger partial charge in [0.15, 0.2) is 5.78 Å². The Labute approximate surface area is 205 Å². The molecule has 1 aliphatic carbocycles. The van der Waals surface area contributed by atoms with Gasteiger partial charge in [-0.2, -0.15) is 0 Å². The van der Waals surface area contributed by atoms with Crippen molar-refractivity contribution in [2.75, 3.05) is 11.9 Å². The van der Waals surface area contributed by atoms with Gasteiger partial charge in [0.1, 0.15) is 0 Å². The van der Waals surface area contributed by atoms with Gasteiger partial charge in [-0.15, -0.1) is 0 Å². The third kappa shape index (κ3) is 9.68. The molecule has 1 aliphatic rings. The van der Waals surface area contributed by atoms with Crippen LogP contribution in [0.3, 0.4) is 0 Å². The zero-order valence-electron chi connectivity index (χ0n) is 20.9. The van der Waals surface area contributed by atoms with Gasteiger partial charge in [0.2, 0.25) is 0 Å². The van der Waals surface area contributed by atoms with Crippen LogP contribution in [0, 0.1) is 17.3 Å². The van der Waals surface area contributed by atoms with E-state index in [-0.39, 0.29) is 23.0 Å². The second kappa shape index (κ2) is 14.6. The summed E-state index contributed by atoms with van der Waals surface area (Å²) in [7, 11) is 0. The summed E-state index contributed by atoms with van der Waals surface area (Å²) in [6.07, 6.45) is 17.1. The highest BCUT2D eigenvalue weighted by Gasteiger charge is 2.29. The molecule has 0 spiro atoms. The van der Waals surface area contributed by atoms with Crippen LogP contribution in [-0.4, -0.2) is 29.7 Å². The minimum atomic E-state index is -0.517. The number of ether oxygens (including phenoxy) is 1. The Morgan fingerprint density at radius 2 is 1.94 bits per heavy atom.